The van der Waals surface area contributed by atoms with Crippen LogP contribution in [0.2, 0.25) is 0 Å². The van der Waals surface area contributed by atoms with Crippen LogP contribution in [0.4, 0.5) is 0 Å². The van der Waals surface area contributed by atoms with Crippen molar-refractivity contribution < 1.29 is 4.79 Å². The highest BCUT2D eigenvalue weighted by atomic mass is 16.2. The molecule has 3 rings (SSSR count). The molecular weight excluding hydrogens is 248 g/mol. The van der Waals surface area contributed by atoms with E-state index in [1.807, 2.05) is 0 Å². The number of hydrogen-bond donors (Lipinski definition) is 1. The molecule has 0 radical (unpaired) electrons. The quantitative estimate of drug-likeness (QED) is 0.842. The van der Waals surface area contributed by atoms with E-state index in [2.05, 4.69) is 10.2 Å². The Kier molecular flexibility index (Phi) is 4.98. The van der Waals surface area contributed by atoms with Crippen molar-refractivity contribution in [3.63, 3.8) is 0 Å². The Morgan fingerprint density at radius 3 is 2.45 bits per heavy atom. The second-order valence-electron chi connectivity index (χ2n) is 7.00. The molecular formula is C17H30N2O. The average molecular weight is 278 g/mol. The minimum Gasteiger partial charge on any atom is -0.338 e. The van der Waals surface area contributed by atoms with Gasteiger partial charge in [0.05, 0.1) is 6.04 Å². The topological polar surface area (TPSA) is 32.3 Å². The molecule has 0 aromatic rings. The van der Waals surface area contributed by atoms with Gasteiger partial charge in [0.15, 0.2) is 0 Å². The third-order valence-electron chi connectivity index (χ3n) is 5.63. The molecule has 3 aliphatic rings. The smallest absolute Gasteiger partial charge is 0.239 e. The Hall–Kier alpha value is -0.570. The van der Waals surface area contributed by atoms with E-state index >= 15 is 0 Å². The van der Waals surface area contributed by atoms with Crippen LogP contribution in [0.5, 0.6) is 0 Å². The summed E-state index contributed by atoms with van der Waals surface area (Å²) in [5, 5.41) is 3.49. The van der Waals surface area contributed by atoms with Gasteiger partial charge in [0.25, 0.3) is 0 Å². The van der Waals surface area contributed by atoms with Crippen LogP contribution in [0.15, 0.2) is 0 Å². The van der Waals surface area contributed by atoms with Crippen molar-refractivity contribution in [2.45, 2.75) is 82.7 Å². The van der Waals surface area contributed by atoms with E-state index in [-0.39, 0.29) is 6.04 Å². The number of carbonyl (C=O) groups excluding carboxylic acids is 1. The normalized spacial score (nSPS) is 33.1. The van der Waals surface area contributed by atoms with E-state index in [1.54, 1.807) is 0 Å². The molecule has 0 aromatic carbocycles. The van der Waals surface area contributed by atoms with Gasteiger partial charge >= 0.3 is 0 Å². The summed E-state index contributed by atoms with van der Waals surface area (Å²) < 4.78 is 0. The number of amides is 1. The number of likely N-dealkylation sites (tertiary alicyclic amines) is 1. The largest absolute Gasteiger partial charge is 0.338 e. The lowest BCUT2D eigenvalue weighted by molar-refractivity contribution is -0.135. The van der Waals surface area contributed by atoms with E-state index < -0.39 is 0 Å². The van der Waals surface area contributed by atoms with Crippen LogP contribution < -0.4 is 5.32 Å². The molecule has 2 aliphatic heterocycles. The van der Waals surface area contributed by atoms with Crippen molar-refractivity contribution >= 4 is 5.91 Å². The summed E-state index contributed by atoms with van der Waals surface area (Å²) >= 11 is 0. The minimum absolute atomic E-state index is 0.113. The van der Waals surface area contributed by atoms with Crippen LogP contribution in [-0.4, -0.2) is 36.0 Å². The maximum Gasteiger partial charge on any atom is 0.239 e. The van der Waals surface area contributed by atoms with Crippen LogP contribution in [0.3, 0.4) is 0 Å². The molecule has 0 spiro atoms. The molecule has 3 heteroatoms. The zero-order chi connectivity index (χ0) is 13.8. The average Bonchev–Trinajstić information content (AvgIpc) is 2.82. The van der Waals surface area contributed by atoms with Gasteiger partial charge in [-0.3, -0.25) is 4.79 Å². The molecule has 114 valence electrons. The first-order chi connectivity index (χ1) is 9.86. The van der Waals surface area contributed by atoms with Gasteiger partial charge in [0.2, 0.25) is 5.91 Å². The molecule has 1 amide bonds. The first-order valence-corrected chi connectivity index (χ1v) is 8.90. The van der Waals surface area contributed by atoms with Crippen LogP contribution in [0, 0.1) is 5.92 Å². The van der Waals surface area contributed by atoms with E-state index in [1.165, 1.54) is 64.2 Å². The van der Waals surface area contributed by atoms with E-state index in [4.69, 9.17) is 0 Å². The van der Waals surface area contributed by atoms with Gasteiger partial charge in [-0.1, -0.05) is 32.1 Å². The summed E-state index contributed by atoms with van der Waals surface area (Å²) in [4.78, 5) is 15.1. The maximum absolute atomic E-state index is 12.9. The van der Waals surface area contributed by atoms with Gasteiger partial charge in [-0.25, -0.2) is 0 Å². The predicted molar refractivity (Wildman–Crippen MR) is 81.6 cm³/mol. The lowest BCUT2D eigenvalue weighted by Crippen LogP contribution is -2.50. The second-order valence-corrected chi connectivity index (χ2v) is 7.00. The molecule has 2 unspecified atom stereocenters. The van der Waals surface area contributed by atoms with E-state index in [9.17, 15) is 4.79 Å². The lowest BCUT2D eigenvalue weighted by atomic mass is 9.83. The van der Waals surface area contributed by atoms with E-state index in [0.717, 1.165) is 25.4 Å². The van der Waals surface area contributed by atoms with Crippen molar-refractivity contribution in [3.8, 4) is 0 Å². The fourth-order valence-electron chi connectivity index (χ4n) is 4.51. The molecule has 3 fully saturated rings. The summed E-state index contributed by atoms with van der Waals surface area (Å²) in [6.07, 6.45) is 14.1. The first kappa shape index (κ1) is 14.4. The summed E-state index contributed by atoms with van der Waals surface area (Å²) in [5.74, 6) is 1.21. The van der Waals surface area contributed by atoms with Crippen LogP contribution in [-0.2, 0) is 4.79 Å². The van der Waals surface area contributed by atoms with Crippen molar-refractivity contribution in [1.82, 2.24) is 10.2 Å². The highest BCUT2D eigenvalue weighted by molar-refractivity contribution is 5.82. The van der Waals surface area contributed by atoms with Crippen molar-refractivity contribution in [2.75, 3.05) is 13.1 Å². The third-order valence-corrected chi connectivity index (χ3v) is 5.63. The molecule has 3 nitrogen and oxygen atoms in total. The maximum atomic E-state index is 12.9. The highest BCUT2D eigenvalue weighted by Gasteiger charge is 2.37. The molecule has 0 aromatic heterocycles. The fourth-order valence-corrected chi connectivity index (χ4v) is 4.51. The highest BCUT2D eigenvalue weighted by Crippen LogP contribution is 2.34. The fraction of sp³-hybridized carbons (Fsp3) is 0.941. The molecule has 1 saturated carbocycles. The third kappa shape index (κ3) is 3.19. The predicted octanol–water partition coefficient (Wildman–Crippen LogP) is 3.09. The van der Waals surface area contributed by atoms with Crippen molar-refractivity contribution in [2.24, 2.45) is 5.92 Å². The Balaban J connectivity index is 1.62. The zero-order valence-corrected chi connectivity index (χ0v) is 12.8. The minimum atomic E-state index is 0.113. The van der Waals surface area contributed by atoms with Gasteiger partial charge in [0.1, 0.15) is 0 Å². The van der Waals surface area contributed by atoms with Crippen LogP contribution in [0.1, 0.15) is 70.6 Å². The number of nitrogens with zero attached hydrogens (tertiary/aromatic N) is 1. The number of rotatable bonds is 2. The molecule has 2 atom stereocenters. The summed E-state index contributed by atoms with van der Waals surface area (Å²) in [6.45, 7) is 2.04. The Morgan fingerprint density at radius 1 is 0.850 bits per heavy atom. The standard InChI is InChI=1S/C17H30N2O/c20-17(15-10-5-2-6-12-18-15)19-13-7-11-16(19)14-8-3-1-4-9-14/h14-16,18H,1-13H2. The Morgan fingerprint density at radius 2 is 1.60 bits per heavy atom. The monoisotopic (exact) mass is 278 g/mol. The van der Waals surface area contributed by atoms with Gasteiger partial charge in [0, 0.05) is 12.6 Å². The van der Waals surface area contributed by atoms with Gasteiger partial charge < -0.3 is 10.2 Å². The molecule has 1 N–H and O–H groups in total. The SMILES string of the molecule is O=C(C1CCCCCN1)N1CCCC1C1CCCCC1. The van der Waals surface area contributed by atoms with E-state index in [0.29, 0.717) is 11.9 Å². The molecule has 0 bridgehead atoms. The van der Waals surface area contributed by atoms with Crippen molar-refractivity contribution in [3.05, 3.63) is 0 Å². The summed E-state index contributed by atoms with van der Waals surface area (Å²) in [5.41, 5.74) is 0. The van der Waals surface area contributed by atoms with Crippen LogP contribution >= 0.6 is 0 Å². The summed E-state index contributed by atoms with van der Waals surface area (Å²) in [6, 6.07) is 0.676. The first-order valence-electron chi connectivity index (χ1n) is 8.90. The molecule has 2 heterocycles. The number of hydrogen-bond acceptors (Lipinski definition) is 2. The zero-order valence-electron chi connectivity index (χ0n) is 12.8. The molecule has 20 heavy (non-hydrogen) atoms. The summed E-state index contributed by atoms with van der Waals surface area (Å²) in [7, 11) is 0. The number of nitrogens with one attached hydrogen (secondary N) is 1. The van der Waals surface area contributed by atoms with Gasteiger partial charge in [-0.2, -0.15) is 0 Å². The molecule has 2 saturated heterocycles. The Bertz CT molecular complexity index is 317. The van der Waals surface area contributed by atoms with Crippen LogP contribution in [0.25, 0.3) is 0 Å². The number of carbonyl (C=O) groups is 1. The second kappa shape index (κ2) is 6.93. The molecule has 1 aliphatic carbocycles. The van der Waals surface area contributed by atoms with Gasteiger partial charge in [-0.15, -0.1) is 0 Å². The Labute approximate surface area is 123 Å². The lowest BCUT2D eigenvalue weighted by Gasteiger charge is -2.35. The van der Waals surface area contributed by atoms with Crippen molar-refractivity contribution in [1.29, 1.82) is 0 Å². The van der Waals surface area contributed by atoms with Gasteiger partial charge in [-0.05, 0) is 51.0 Å².